The van der Waals surface area contributed by atoms with Crippen LogP contribution in [0.25, 0.3) is 0 Å². The molecule has 2 nitrogen and oxygen atoms in total. The first-order chi connectivity index (χ1) is 8.52. The van der Waals surface area contributed by atoms with Gasteiger partial charge in [-0.15, -0.1) is 0 Å². The van der Waals surface area contributed by atoms with Gasteiger partial charge in [-0.1, -0.05) is 35.8 Å². The molecule has 0 saturated carbocycles. The minimum atomic E-state index is 0.431. The quantitative estimate of drug-likeness (QED) is 0.924. The molecule has 1 fully saturated rings. The second-order valence-electron chi connectivity index (χ2n) is 6.00. The highest BCUT2D eigenvalue weighted by Crippen LogP contribution is 2.33. The predicted octanol–water partition coefficient (Wildman–Crippen LogP) is 3.58. The first-order valence-corrected chi connectivity index (χ1v) is 7.54. The molecule has 1 aromatic rings. The monoisotopic (exact) mass is 310 g/mol. The van der Waals surface area contributed by atoms with E-state index >= 15 is 0 Å². The molecule has 2 N–H and O–H groups in total. The standard InChI is InChI=1S/C15H23BrN2/c1-15(2)7-3-9-18(11-15)13-5-4-12(6-8-17)14(16)10-13/h4-5,10H,3,6-9,11,17H2,1-2H3. The summed E-state index contributed by atoms with van der Waals surface area (Å²) < 4.78 is 1.19. The van der Waals surface area contributed by atoms with Gasteiger partial charge in [-0.25, -0.2) is 0 Å². The summed E-state index contributed by atoms with van der Waals surface area (Å²) in [4.78, 5) is 2.50. The van der Waals surface area contributed by atoms with Gasteiger partial charge in [0.25, 0.3) is 0 Å². The van der Waals surface area contributed by atoms with E-state index in [0.717, 1.165) is 13.0 Å². The maximum atomic E-state index is 5.61. The number of nitrogens with two attached hydrogens (primary N) is 1. The Balaban J connectivity index is 2.16. The molecule has 1 aliphatic rings. The van der Waals surface area contributed by atoms with Gasteiger partial charge >= 0.3 is 0 Å². The summed E-state index contributed by atoms with van der Waals surface area (Å²) in [5, 5.41) is 0. The number of hydrogen-bond donors (Lipinski definition) is 1. The number of anilines is 1. The number of rotatable bonds is 3. The van der Waals surface area contributed by atoms with Crippen molar-refractivity contribution in [2.24, 2.45) is 11.1 Å². The van der Waals surface area contributed by atoms with Crippen LogP contribution in [-0.4, -0.2) is 19.6 Å². The molecule has 1 aromatic carbocycles. The van der Waals surface area contributed by atoms with Crippen LogP contribution >= 0.6 is 15.9 Å². The van der Waals surface area contributed by atoms with Crippen molar-refractivity contribution in [3.05, 3.63) is 28.2 Å². The average Bonchev–Trinajstić information content (AvgIpc) is 2.30. The molecule has 3 heteroatoms. The number of hydrogen-bond acceptors (Lipinski definition) is 2. The van der Waals surface area contributed by atoms with E-state index in [2.05, 4.69) is 52.9 Å². The van der Waals surface area contributed by atoms with Crippen molar-refractivity contribution < 1.29 is 0 Å². The first kappa shape index (κ1) is 13.9. The Morgan fingerprint density at radius 1 is 1.39 bits per heavy atom. The van der Waals surface area contributed by atoms with Crippen LogP contribution in [0, 0.1) is 5.41 Å². The fourth-order valence-electron chi connectivity index (χ4n) is 2.73. The molecule has 100 valence electrons. The van der Waals surface area contributed by atoms with Crippen LogP contribution in [0.4, 0.5) is 5.69 Å². The van der Waals surface area contributed by atoms with Crippen LogP contribution < -0.4 is 10.6 Å². The highest BCUT2D eigenvalue weighted by Gasteiger charge is 2.26. The van der Waals surface area contributed by atoms with Gasteiger partial charge in [0.2, 0.25) is 0 Å². The third-order valence-corrected chi connectivity index (χ3v) is 4.45. The third-order valence-electron chi connectivity index (χ3n) is 3.72. The summed E-state index contributed by atoms with van der Waals surface area (Å²) in [7, 11) is 0. The Hall–Kier alpha value is -0.540. The molecule has 0 amide bonds. The molecule has 2 rings (SSSR count). The Morgan fingerprint density at radius 3 is 2.78 bits per heavy atom. The Labute approximate surface area is 119 Å². The topological polar surface area (TPSA) is 29.3 Å². The summed E-state index contributed by atoms with van der Waals surface area (Å²) >= 11 is 3.66. The number of halogens is 1. The highest BCUT2D eigenvalue weighted by atomic mass is 79.9. The van der Waals surface area contributed by atoms with Crippen LogP contribution in [0.2, 0.25) is 0 Å². The van der Waals surface area contributed by atoms with Crippen molar-refractivity contribution in [2.45, 2.75) is 33.1 Å². The van der Waals surface area contributed by atoms with Crippen LogP contribution in [0.1, 0.15) is 32.3 Å². The fraction of sp³-hybridized carbons (Fsp3) is 0.600. The van der Waals surface area contributed by atoms with Crippen LogP contribution in [-0.2, 0) is 6.42 Å². The SMILES string of the molecule is CC1(C)CCCN(c2ccc(CCN)c(Br)c2)C1. The average molecular weight is 311 g/mol. The molecule has 1 heterocycles. The van der Waals surface area contributed by atoms with Crippen molar-refractivity contribution in [1.82, 2.24) is 0 Å². The molecule has 18 heavy (non-hydrogen) atoms. The van der Waals surface area contributed by atoms with E-state index in [0.29, 0.717) is 12.0 Å². The Morgan fingerprint density at radius 2 is 2.17 bits per heavy atom. The lowest BCUT2D eigenvalue weighted by atomic mass is 9.84. The smallest absolute Gasteiger partial charge is 0.0377 e. The predicted molar refractivity (Wildman–Crippen MR) is 82.1 cm³/mol. The van der Waals surface area contributed by atoms with Gasteiger partial charge in [-0.05, 0) is 48.9 Å². The van der Waals surface area contributed by atoms with Crippen LogP contribution in [0.3, 0.4) is 0 Å². The molecular formula is C15H23BrN2. The summed E-state index contributed by atoms with van der Waals surface area (Å²) in [6.45, 7) is 7.74. The number of benzene rings is 1. The van der Waals surface area contributed by atoms with E-state index in [1.54, 1.807) is 0 Å². The molecule has 0 atom stereocenters. The minimum Gasteiger partial charge on any atom is -0.371 e. The van der Waals surface area contributed by atoms with Gasteiger partial charge in [0.05, 0.1) is 0 Å². The normalized spacial score (nSPS) is 19.0. The Kier molecular flexibility index (Phi) is 4.33. The zero-order valence-corrected chi connectivity index (χ0v) is 13.0. The number of piperidine rings is 1. The number of nitrogens with zero attached hydrogens (tertiary/aromatic N) is 1. The van der Waals surface area contributed by atoms with Gasteiger partial charge in [-0.3, -0.25) is 0 Å². The van der Waals surface area contributed by atoms with E-state index in [1.807, 2.05) is 0 Å². The van der Waals surface area contributed by atoms with E-state index in [1.165, 1.54) is 35.1 Å². The third kappa shape index (κ3) is 3.27. The molecule has 0 bridgehead atoms. The van der Waals surface area contributed by atoms with Gasteiger partial charge < -0.3 is 10.6 Å². The molecule has 0 radical (unpaired) electrons. The highest BCUT2D eigenvalue weighted by molar-refractivity contribution is 9.10. The summed E-state index contributed by atoms with van der Waals surface area (Å²) in [6.07, 6.45) is 3.55. The maximum absolute atomic E-state index is 5.61. The lowest BCUT2D eigenvalue weighted by Crippen LogP contribution is -2.40. The largest absolute Gasteiger partial charge is 0.371 e. The molecule has 0 unspecified atom stereocenters. The first-order valence-electron chi connectivity index (χ1n) is 6.75. The second-order valence-corrected chi connectivity index (χ2v) is 6.86. The van der Waals surface area contributed by atoms with Gasteiger partial charge in [0.1, 0.15) is 0 Å². The summed E-state index contributed by atoms with van der Waals surface area (Å²) in [5.74, 6) is 0. The zero-order chi connectivity index (χ0) is 13.2. The van der Waals surface area contributed by atoms with Crippen molar-refractivity contribution in [3.63, 3.8) is 0 Å². The fourth-order valence-corrected chi connectivity index (χ4v) is 3.30. The minimum absolute atomic E-state index is 0.431. The van der Waals surface area contributed by atoms with E-state index in [4.69, 9.17) is 5.73 Å². The van der Waals surface area contributed by atoms with Crippen LogP contribution in [0.15, 0.2) is 22.7 Å². The zero-order valence-electron chi connectivity index (χ0n) is 11.4. The summed E-state index contributed by atoms with van der Waals surface area (Å²) in [5.41, 5.74) is 8.68. The molecule has 1 aliphatic heterocycles. The molecule has 1 saturated heterocycles. The van der Waals surface area contributed by atoms with Crippen molar-refractivity contribution >= 4 is 21.6 Å². The molecular weight excluding hydrogens is 288 g/mol. The van der Waals surface area contributed by atoms with Gasteiger partial charge in [-0.2, -0.15) is 0 Å². The molecule has 0 aliphatic carbocycles. The van der Waals surface area contributed by atoms with Gasteiger partial charge in [0.15, 0.2) is 0 Å². The lowest BCUT2D eigenvalue weighted by Gasteiger charge is -2.39. The molecule has 0 aromatic heterocycles. The Bertz CT molecular complexity index is 415. The van der Waals surface area contributed by atoms with Crippen molar-refractivity contribution in [3.8, 4) is 0 Å². The van der Waals surface area contributed by atoms with Crippen molar-refractivity contribution in [2.75, 3.05) is 24.5 Å². The van der Waals surface area contributed by atoms with Crippen molar-refractivity contribution in [1.29, 1.82) is 0 Å². The van der Waals surface area contributed by atoms with Crippen LogP contribution in [0.5, 0.6) is 0 Å². The lowest BCUT2D eigenvalue weighted by molar-refractivity contribution is 0.293. The van der Waals surface area contributed by atoms with E-state index < -0.39 is 0 Å². The maximum Gasteiger partial charge on any atom is 0.0377 e. The molecule has 0 spiro atoms. The van der Waals surface area contributed by atoms with E-state index in [9.17, 15) is 0 Å². The van der Waals surface area contributed by atoms with Gasteiger partial charge in [0, 0.05) is 23.2 Å². The second kappa shape index (κ2) is 5.62. The van der Waals surface area contributed by atoms with E-state index in [-0.39, 0.29) is 0 Å². The summed E-state index contributed by atoms with van der Waals surface area (Å²) in [6, 6.07) is 6.68.